The molecule has 0 saturated carbocycles. The second kappa shape index (κ2) is 2.47. The molecule has 0 amide bonds. The van der Waals surface area contributed by atoms with Gasteiger partial charge in [-0.15, -0.1) is 0 Å². The Labute approximate surface area is 83.1 Å². The van der Waals surface area contributed by atoms with Crippen molar-refractivity contribution in [3.63, 3.8) is 0 Å². The SMILES string of the molecule is CC1=[N+](C)c2cc3ccccn3c2C1. The maximum absolute atomic E-state index is 2.28. The molecule has 2 heteroatoms. The average molecular weight is 185 g/mol. The number of rotatable bonds is 0. The monoisotopic (exact) mass is 185 g/mol. The summed E-state index contributed by atoms with van der Waals surface area (Å²) >= 11 is 0. The van der Waals surface area contributed by atoms with Gasteiger partial charge in [0.15, 0.2) is 5.71 Å². The van der Waals surface area contributed by atoms with Gasteiger partial charge in [0.1, 0.15) is 12.7 Å². The van der Waals surface area contributed by atoms with Crippen LogP contribution in [0.2, 0.25) is 0 Å². The van der Waals surface area contributed by atoms with Crippen molar-refractivity contribution >= 4 is 16.9 Å². The summed E-state index contributed by atoms with van der Waals surface area (Å²) in [4.78, 5) is 0. The summed E-state index contributed by atoms with van der Waals surface area (Å²) in [5.74, 6) is 0. The molecule has 0 aromatic carbocycles. The van der Waals surface area contributed by atoms with Gasteiger partial charge in [-0.25, -0.2) is 4.58 Å². The summed E-state index contributed by atoms with van der Waals surface area (Å²) in [6, 6.07) is 8.58. The van der Waals surface area contributed by atoms with Gasteiger partial charge >= 0.3 is 0 Å². The van der Waals surface area contributed by atoms with Crippen LogP contribution in [0.3, 0.4) is 0 Å². The van der Waals surface area contributed by atoms with Gasteiger partial charge in [-0.1, -0.05) is 6.07 Å². The number of hydrogen-bond donors (Lipinski definition) is 0. The summed E-state index contributed by atoms with van der Waals surface area (Å²) in [5, 5.41) is 0. The third kappa shape index (κ3) is 0.830. The summed E-state index contributed by atoms with van der Waals surface area (Å²) in [6.07, 6.45) is 3.21. The lowest BCUT2D eigenvalue weighted by molar-refractivity contribution is -0.402. The van der Waals surface area contributed by atoms with Crippen molar-refractivity contribution in [3.05, 3.63) is 36.2 Å². The number of nitrogens with zero attached hydrogens (tertiary/aromatic N) is 2. The molecule has 0 N–H and O–H groups in total. The molecule has 14 heavy (non-hydrogen) atoms. The van der Waals surface area contributed by atoms with Crippen LogP contribution in [0.1, 0.15) is 12.6 Å². The number of aromatic nitrogens is 1. The van der Waals surface area contributed by atoms with Crippen LogP contribution in [-0.4, -0.2) is 21.7 Å². The Morgan fingerprint density at radius 1 is 1.36 bits per heavy atom. The van der Waals surface area contributed by atoms with Crippen LogP contribution in [0, 0.1) is 0 Å². The number of hydrogen-bond acceptors (Lipinski definition) is 0. The summed E-state index contributed by atoms with van der Waals surface area (Å²) < 4.78 is 4.56. The van der Waals surface area contributed by atoms with Crippen molar-refractivity contribution in [3.8, 4) is 0 Å². The number of fused-ring (bicyclic) bond motifs is 3. The van der Waals surface area contributed by atoms with E-state index in [1.165, 1.54) is 22.6 Å². The Morgan fingerprint density at radius 2 is 2.21 bits per heavy atom. The van der Waals surface area contributed by atoms with Gasteiger partial charge in [-0.2, -0.15) is 0 Å². The van der Waals surface area contributed by atoms with Crippen molar-refractivity contribution in [2.75, 3.05) is 7.05 Å². The minimum atomic E-state index is 1.07. The quantitative estimate of drug-likeness (QED) is 0.556. The van der Waals surface area contributed by atoms with E-state index in [0.29, 0.717) is 0 Å². The van der Waals surface area contributed by atoms with E-state index >= 15 is 0 Å². The Kier molecular flexibility index (Phi) is 1.38. The van der Waals surface area contributed by atoms with Crippen molar-refractivity contribution in [2.24, 2.45) is 0 Å². The van der Waals surface area contributed by atoms with Crippen LogP contribution in [0.4, 0.5) is 5.69 Å². The third-order valence-corrected chi connectivity index (χ3v) is 3.12. The molecule has 0 radical (unpaired) electrons. The van der Waals surface area contributed by atoms with Gasteiger partial charge in [-0.05, 0) is 12.1 Å². The molecule has 0 unspecified atom stereocenters. The minimum Gasteiger partial charge on any atom is -0.314 e. The van der Waals surface area contributed by atoms with E-state index in [1.807, 2.05) is 0 Å². The molecule has 0 bridgehead atoms. The molecule has 2 nitrogen and oxygen atoms in total. The molecule has 0 fully saturated rings. The van der Waals surface area contributed by atoms with E-state index in [2.05, 4.69) is 53.4 Å². The van der Waals surface area contributed by atoms with E-state index in [-0.39, 0.29) is 0 Å². The molecule has 2 aromatic heterocycles. The largest absolute Gasteiger partial charge is 0.314 e. The van der Waals surface area contributed by atoms with Crippen molar-refractivity contribution in [1.82, 2.24) is 4.40 Å². The van der Waals surface area contributed by atoms with Crippen LogP contribution >= 0.6 is 0 Å². The Balaban J connectivity index is 2.39. The maximum Gasteiger partial charge on any atom is 0.227 e. The van der Waals surface area contributed by atoms with Crippen molar-refractivity contribution < 1.29 is 4.58 Å². The lowest BCUT2D eigenvalue weighted by Gasteiger charge is -1.95. The molecule has 3 heterocycles. The standard InChI is InChI=1S/C12H13N2/c1-9-7-12-11(13(9)2)8-10-5-3-4-6-14(10)12/h3-6,8H,7H2,1-2H3/q+1. The van der Waals surface area contributed by atoms with Crippen molar-refractivity contribution in [2.45, 2.75) is 13.3 Å². The maximum atomic E-state index is 2.28. The zero-order valence-corrected chi connectivity index (χ0v) is 8.49. The second-order valence-corrected chi connectivity index (χ2v) is 3.94. The summed E-state index contributed by atoms with van der Waals surface area (Å²) in [7, 11) is 2.14. The smallest absolute Gasteiger partial charge is 0.227 e. The average Bonchev–Trinajstić information content (AvgIpc) is 2.67. The minimum absolute atomic E-state index is 1.07. The lowest BCUT2D eigenvalue weighted by Crippen LogP contribution is -2.03. The predicted molar refractivity (Wildman–Crippen MR) is 57.6 cm³/mol. The highest BCUT2D eigenvalue weighted by Gasteiger charge is 2.27. The molecule has 0 atom stereocenters. The topological polar surface area (TPSA) is 7.42 Å². The van der Waals surface area contributed by atoms with Crippen LogP contribution in [0.5, 0.6) is 0 Å². The first-order valence-corrected chi connectivity index (χ1v) is 4.92. The van der Waals surface area contributed by atoms with Gasteiger partial charge in [0.25, 0.3) is 0 Å². The van der Waals surface area contributed by atoms with Gasteiger partial charge in [-0.3, -0.25) is 0 Å². The summed E-state index contributed by atoms with van der Waals surface area (Å²) in [5.41, 5.74) is 5.49. The lowest BCUT2D eigenvalue weighted by atomic mass is 10.2. The molecule has 3 rings (SSSR count). The van der Waals surface area contributed by atoms with E-state index in [4.69, 9.17) is 0 Å². The molecule has 0 aliphatic carbocycles. The fourth-order valence-electron chi connectivity index (χ4n) is 2.20. The normalized spacial score (nSPS) is 15.3. The fraction of sp³-hybridized carbons (Fsp3) is 0.250. The Bertz CT molecular complexity index is 546. The first-order chi connectivity index (χ1) is 6.77. The van der Waals surface area contributed by atoms with Gasteiger partial charge in [0, 0.05) is 19.2 Å². The van der Waals surface area contributed by atoms with Gasteiger partial charge < -0.3 is 4.40 Å². The molecule has 2 aromatic rings. The molecular weight excluding hydrogens is 172 g/mol. The van der Waals surface area contributed by atoms with Crippen LogP contribution in [0.15, 0.2) is 30.5 Å². The molecular formula is C12H13N2+. The van der Waals surface area contributed by atoms with E-state index in [0.717, 1.165) is 6.42 Å². The highest BCUT2D eigenvalue weighted by molar-refractivity contribution is 5.85. The molecule has 0 saturated heterocycles. The zero-order chi connectivity index (χ0) is 9.71. The highest BCUT2D eigenvalue weighted by atomic mass is 15.1. The first kappa shape index (κ1) is 7.80. The first-order valence-electron chi connectivity index (χ1n) is 4.92. The van der Waals surface area contributed by atoms with Gasteiger partial charge in [0.05, 0.1) is 11.9 Å². The van der Waals surface area contributed by atoms with Crippen LogP contribution in [-0.2, 0) is 6.42 Å². The molecule has 1 aliphatic rings. The Hall–Kier alpha value is -1.57. The van der Waals surface area contributed by atoms with Gasteiger partial charge in [0.2, 0.25) is 5.69 Å². The molecule has 0 spiro atoms. The predicted octanol–water partition coefficient (Wildman–Crippen LogP) is 2.23. The van der Waals surface area contributed by atoms with Crippen molar-refractivity contribution in [1.29, 1.82) is 0 Å². The Morgan fingerprint density at radius 3 is 3.07 bits per heavy atom. The summed E-state index contributed by atoms with van der Waals surface area (Å²) in [6.45, 7) is 2.19. The second-order valence-electron chi connectivity index (χ2n) is 3.94. The van der Waals surface area contributed by atoms with Crippen LogP contribution < -0.4 is 0 Å². The van der Waals surface area contributed by atoms with E-state index in [1.54, 1.807) is 0 Å². The molecule has 1 aliphatic heterocycles. The fourth-order valence-corrected chi connectivity index (χ4v) is 2.20. The van der Waals surface area contributed by atoms with Crippen LogP contribution in [0.25, 0.3) is 5.52 Å². The van der Waals surface area contributed by atoms with E-state index < -0.39 is 0 Å². The third-order valence-electron chi connectivity index (χ3n) is 3.12. The van der Waals surface area contributed by atoms with E-state index in [9.17, 15) is 0 Å². The zero-order valence-electron chi connectivity index (χ0n) is 8.49. The highest BCUT2D eigenvalue weighted by Crippen LogP contribution is 2.28. The molecule has 70 valence electrons. The number of pyridine rings is 1.